The number of allylic oxidation sites excluding steroid dienone is 4. The molecule has 45 heavy (non-hydrogen) atoms. The van der Waals surface area contributed by atoms with Crippen molar-refractivity contribution in [1.29, 1.82) is 0 Å². The first kappa shape index (κ1) is 35.7. The zero-order chi connectivity index (χ0) is 33.2. The first-order valence-corrected chi connectivity index (χ1v) is 16.6. The van der Waals surface area contributed by atoms with Crippen LogP contribution in [0.15, 0.2) is 22.8 Å². The highest BCUT2D eigenvalue weighted by molar-refractivity contribution is 5.93. The van der Waals surface area contributed by atoms with Gasteiger partial charge in [-0.3, -0.25) is 14.4 Å². The Hall–Kier alpha value is -2.20. The maximum atomic E-state index is 13.6. The molecule has 2 fully saturated rings. The van der Waals surface area contributed by atoms with Gasteiger partial charge in [-0.25, -0.2) is 0 Å². The maximum Gasteiger partial charge on any atom is 0.459 e. The number of hydrogen-bond acceptors (Lipinski definition) is 3. The highest BCUT2D eigenvalue weighted by atomic mass is 19.4. The van der Waals surface area contributed by atoms with E-state index in [4.69, 9.17) is 0 Å². The third-order valence-corrected chi connectivity index (χ3v) is 10.9. The number of unbranched alkanes of at least 4 members (excludes halogenated alkanes) is 7. The highest BCUT2D eigenvalue weighted by Gasteiger charge is 2.73. The number of rotatable bonds is 14. The number of nitrogens with zero attached hydrogens (tertiary/aromatic N) is 1. The third kappa shape index (κ3) is 7.53. The first-order chi connectivity index (χ1) is 21.0. The van der Waals surface area contributed by atoms with Crippen LogP contribution in [0.4, 0.5) is 30.7 Å². The molecule has 0 N–H and O–H groups in total. The molecule has 1 amide bonds. The van der Waals surface area contributed by atoms with Crippen molar-refractivity contribution in [3.05, 3.63) is 22.8 Å². The molecule has 0 radical (unpaired) electrons. The lowest BCUT2D eigenvalue weighted by atomic mass is 9.53. The smallest absolute Gasteiger partial charge is 0.339 e. The van der Waals surface area contributed by atoms with Crippen molar-refractivity contribution in [2.24, 2.45) is 23.2 Å². The minimum atomic E-state index is -6.41. The number of halogens is 7. The van der Waals surface area contributed by atoms with Crippen LogP contribution in [0.2, 0.25) is 0 Å². The van der Waals surface area contributed by atoms with Crippen LogP contribution in [0.25, 0.3) is 0 Å². The minimum Gasteiger partial charge on any atom is -0.339 e. The lowest BCUT2D eigenvalue weighted by Gasteiger charge is -2.50. The van der Waals surface area contributed by atoms with E-state index in [2.05, 4.69) is 6.92 Å². The second-order valence-corrected chi connectivity index (χ2v) is 14.0. The molecule has 0 spiro atoms. The summed E-state index contributed by atoms with van der Waals surface area (Å²) in [5, 5.41) is 0. The van der Waals surface area contributed by atoms with Crippen LogP contribution >= 0.6 is 0 Å². The largest absolute Gasteiger partial charge is 0.459 e. The van der Waals surface area contributed by atoms with Crippen molar-refractivity contribution in [2.75, 3.05) is 13.6 Å². The number of carbonyl (C=O) groups excluding carboxylic acids is 3. The second kappa shape index (κ2) is 13.9. The first-order valence-electron chi connectivity index (χ1n) is 16.6. The average Bonchev–Trinajstić information content (AvgIpc) is 3.25. The molecule has 4 atom stereocenters. The molecular weight excluding hydrogens is 603 g/mol. The van der Waals surface area contributed by atoms with Gasteiger partial charge in [-0.15, -0.1) is 0 Å². The molecule has 0 unspecified atom stereocenters. The van der Waals surface area contributed by atoms with Gasteiger partial charge in [0.25, 0.3) is 0 Å². The molecule has 0 heterocycles. The SMILES string of the molecule is CN(CC(F)(F)C(F)(F)C(F)(F)F)C(=O)CCCCCCCCCC[C@H]1C[C@]2(C)C(=O)CC[C@H]2[C@@H]2CCC3=CC(=O)CCC3=C12. The van der Waals surface area contributed by atoms with Crippen LogP contribution < -0.4 is 0 Å². The number of fused-ring (bicyclic) bond motifs is 4. The van der Waals surface area contributed by atoms with E-state index in [0.717, 1.165) is 84.1 Å². The van der Waals surface area contributed by atoms with Crippen molar-refractivity contribution < 1.29 is 45.1 Å². The van der Waals surface area contributed by atoms with Crippen LogP contribution in [0.5, 0.6) is 0 Å². The van der Waals surface area contributed by atoms with E-state index in [9.17, 15) is 45.1 Å². The summed E-state index contributed by atoms with van der Waals surface area (Å²) in [6.07, 6.45) is 9.02. The van der Waals surface area contributed by atoms with Gasteiger partial charge in [0.2, 0.25) is 5.91 Å². The van der Waals surface area contributed by atoms with Gasteiger partial charge in [0.05, 0.1) is 6.54 Å². The number of Topliss-reactive ketones (excluding diaryl/α,β-unsaturated/α-hetero) is 1. The Bertz CT molecular complexity index is 1190. The summed E-state index contributed by atoms with van der Waals surface area (Å²) < 4.78 is 90.3. The van der Waals surface area contributed by atoms with E-state index in [-0.39, 0.29) is 22.5 Å². The molecule has 0 aliphatic heterocycles. The van der Waals surface area contributed by atoms with Gasteiger partial charge in [-0.2, -0.15) is 30.7 Å². The van der Waals surface area contributed by atoms with Crippen LogP contribution in [0, 0.1) is 23.2 Å². The Morgan fingerprint density at radius 1 is 0.867 bits per heavy atom. The number of hydrogen-bond donors (Lipinski definition) is 0. The van der Waals surface area contributed by atoms with Gasteiger partial charge in [-0.1, -0.05) is 57.4 Å². The van der Waals surface area contributed by atoms with E-state index in [1.165, 1.54) is 11.1 Å². The summed E-state index contributed by atoms with van der Waals surface area (Å²) in [6, 6.07) is 0. The molecule has 0 aromatic heterocycles. The Kier molecular flexibility index (Phi) is 11.0. The summed E-state index contributed by atoms with van der Waals surface area (Å²) >= 11 is 0. The summed E-state index contributed by atoms with van der Waals surface area (Å²) in [5.41, 5.74) is 3.95. The van der Waals surface area contributed by atoms with Gasteiger partial charge in [0, 0.05) is 31.7 Å². The van der Waals surface area contributed by atoms with E-state index in [0.29, 0.717) is 49.2 Å². The van der Waals surface area contributed by atoms with E-state index >= 15 is 0 Å². The van der Waals surface area contributed by atoms with Gasteiger partial charge < -0.3 is 4.90 Å². The normalized spacial score (nSPS) is 27.2. The Morgan fingerprint density at radius 3 is 2.13 bits per heavy atom. The Balaban J connectivity index is 1.16. The quantitative estimate of drug-likeness (QED) is 0.139. The molecular formula is C34H46F7NO3. The number of amides is 1. The molecule has 4 aliphatic rings. The standard InChI is InChI=1S/C34H46F7NO3/c1-31-20-23(30-25-16-14-24(43)19-22(25)13-15-26(30)27(31)17-18-28(31)44)11-9-7-5-3-4-6-8-10-12-29(45)42(2)21-32(35,36)33(37,38)34(39,40)41/h19,23,26-27H,3-18,20-21H2,1-2H3/t23-,26-,27-,31-/m0/s1. The molecule has 11 heteroatoms. The monoisotopic (exact) mass is 649 g/mol. The molecule has 4 nitrogen and oxygen atoms in total. The van der Waals surface area contributed by atoms with Gasteiger partial charge in [0.1, 0.15) is 5.78 Å². The zero-order valence-corrected chi connectivity index (χ0v) is 26.4. The Labute approximate surface area is 261 Å². The molecule has 0 aromatic carbocycles. The molecule has 0 aromatic rings. The second-order valence-electron chi connectivity index (χ2n) is 14.0. The van der Waals surface area contributed by atoms with Crippen LogP contribution in [0.1, 0.15) is 116 Å². The summed E-state index contributed by atoms with van der Waals surface area (Å²) in [4.78, 5) is 37.4. The van der Waals surface area contributed by atoms with Gasteiger partial charge in [0.15, 0.2) is 5.78 Å². The van der Waals surface area contributed by atoms with Gasteiger partial charge >= 0.3 is 18.0 Å². The lowest BCUT2D eigenvalue weighted by Crippen LogP contribution is -2.57. The van der Waals surface area contributed by atoms with Crippen LogP contribution in [0.3, 0.4) is 0 Å². The van der Waals surface area contributed by atoms with Crippen LogP contribution in [-0.2, 0) is 14.4 Å². The van der Waals surface area contributed by atoms with Crippen molar-refractivity contribution in [2.45, 2.75) is 134 Å². The number of carbonyl (C=O) groups is 3. The number of ketones is 2. The summed E-state index contributed by atoms with van der Waals surface area (Å²) in [5.74, 6) is -10.7. The molecule has 2 saturated carbocycles. The molecule has 4 aliphatic carbocycles. The third-order valence-electron chi connectivity index (χ3n) is 10.9. The summed E-state index contributed by atoms with van der Waals surface area (Å²) in [6.45, 7) is 0.177. The van der Waals surface area contributed by atoms with E-state index < -0.39 is 30.5 Å². The highest BCUT2D eigenvalue weighted by Crippen LogP contribution is 2.61. The number of alkyl halides is 7. The predicted octanol–water partition coefficient (Wildman–Crippen LogP) is 9.18. The predicted molar refractivity (Wildman–Crippen MR) is 156 cm³/mol. The topological polar surface area (TPSA) is 54.5 Å². The molecule has 254 valence electrons. The van der Waals surface area contributed by atoms with Crippen molar-refractivity contribution in [1.82, 2.24) is 4.90 Å². The van der Waals surface area contributed by atoms with Crippen molar-refractivity contribution in [3.8, 4) is 0 Å². The van der Waals surface area contributed by atoms with Crippen molar-refractivity contribution >= 4 is 17.5 Å². The van der Waals surface area contributed by atoms with Crippen molar-refractivity contribution in [3.63, 3.8) is 0 Å². The summed E-state index contributed by atoms with van der Waals surface area (Å²) in [7, 11) is 0.803. The minimum absolute atomic E-state index is 0.197. The average molecular weight is 650 g/mol. The maximum absolute atomic E-state index is 13.6. The molecule has 0 bridgehead atoms. The lowest BCUT2D eigenvalue weighted by molar-refractivity contribution is -0.355. The zero-order valence-electron chi connectivity index (χ0n) is 26.4. The van der Waals surface area contributed by atoms with E-state index in [1.807, 2.05) is 6.08 Å². The fourth-order valence-electron chi connectivity index (χ4n) is 8.47. The molecule has 0 saturated heterocycles. The molecule has 4 rings (SSSR count). The van der Waals surface area contributed by atoms with E-state index in [1.54, 1.807) is 5.57 Å². The van der Waals surface area contributed by atoms with Gasteiger partial charge in [-0.05, 0) is 79.9 Å². The van der Waals surface area contributed by atoms with Crippen LogP contribution in [-0.4, -0.2) is 54.0 Å². The fourth-order valence-corrected chi connectivity index (χ4v) is 8.47. The Morgan fingerprint density at radius 2 is 1.49 bits per heavy atom. The fraction of sp³-hybridized carbons (Fsp3) is 0.794.